The zero-order chi connectivity index (χ0) is 23.7. The van der Waals surface area contributed by atoms with Crippen molar-refractivity contribution in [1.82, 2.24) is 19.9 Å². The summed E-state index contributed by atoms with van der Waals surface area (Å²) < 4.78 is 0. The number of fused-ring (bicyclic) bond motifs is 1. The van der Waals surface area contributed by atoms with Gasteiger partial charge in [0.25, 0.3) is 5.56 Å². The van der Waals surface area contributed by atoms with Crippen molar-refractivity contribution in [3.05, 3.63) is 82.4 Å². The summed E-state index contributed by atoms with van der Waals surface area (Å²) in [5.41, 5.74) is 4.31. The van der Waals surface area contributed by atoms with Crippen molar-refractivity contribution < 1.29 is 4.79 Å². The molecule has 1 fully saturated rings. The third-order valence-electron chi connectivity index (χ3n) is 6.49. The molecule has 1 saturated heterocycles. The predicted octanol–water partition coefficient (Wildman–Crippen LogP) is 4.76. The smallest absolute Gasteiger partial charge is 0.259 e. The van der Waals surface area contributed by atoms with E-state index in [0.29, 0.717) is 22.8 Å². The van der Waals surface area contributed by atoms with Gasteiger partial charge in [-0.3, -0.25) is 14.6 Å². The average molecular weight is 454 g/mol. The first-order valence-corrected chi connectivity index (χ1v) is 11.6. The summed E-state index contributed by atoms with van der Waals surface area (Å²) in [7, 11) is 0. The highest BCUT2D eigenvalue weighted by Crippen LogP contribution is 2.31. The molecule has 0 unspecified atom stereocenters. The topological polar surface area (TPSA) is 91.0 Å². The fraction of sp³-hybridized carbons (Fsp3) is 0.259. The van der Waals surface area contributed by atoms with E-state index in [9.17, 15) is 9.59 Å². The lowest BCUT2D eigenvalue weighted by Gasteiger charge is -2.31. The van der Waals surface area contributed by atoms with Crippen LogP contribution in [0.25, 0.3) is 22.2 Å². The molecule has 7 heteroatoms. The van der Waals surface area contributed by atoms with E-state index < -0.39 is 0 Å². The number of piperidine rings is 1. The quantitative estimate of drug-likeness (QED) is 0.465. The molecule has 1 amide bonds. The number of likely N-dealkylation sites (tertiary alicyclic amines) is 1. The van der Waals surface area contributed by atoms with Crippen LogP contribution in [0.15, 0.2) is 65.6 Å². The fourth-order valence-corrected chi connectivity index (χ4v) is 4.62. The van der Waals surface area contributed by atoms with Gasteiger partial charge in [0.2, 0.25) is 5.91 Å². The van der Waals surface area contributed by atoms with Crippen LogP contribution >= 0.6 is 0 Å². The number of hydrogen-bond acceptors (Lipinski definition) is 5. The maximum atomic E-state index is 12.6. The Morgan fingerprint density at radius 2 is 1.79 bits per heavy atom. The van der Waals surface area contributed by atoms with Gasteiger partial charge in [-0.25, -0.2) is 4.98 Å². The van der Waals surface area contributed by atoms with Gasteiger partial charge in [-0.1, -0.05) is 18.2 Å². The van der Waals surface area contributed by atoms with E-state index in [-0.39, 0.29) is 11.5 Å². The van der Waals surface area contributed by atoms with Crippen LogP contribution in [0.4, 0.5) is 11.5 Å². The van der Waals surface area contributed by atoms with Crippen molar-refractivity contribution in [2.24, 2.45) is 0 Å². The number of aromatic amines is 1. The molecule has 172 valence electrons. The molecule has 1 aliphatic heterocycles. The SMILES string of the molecule is CC(=O)N1CCC(c2ccc(Nc3nc(-c4cccc(C)n4)cc4cc[nH]c(=O)c34)cc2)CC1. The van der Waals surface area contributed by atoms with Gasteiger partial charge in [-0.2, -0.15) is 0 Å². The summed E-state index contributed by atoms with van der Waals surface area (Å²) >= 11 is 0. The monoisotopic (exact) mass is 453 g/mol. The lowest BCUT2D eigenvalue weighted by Crippen LogP contribution is -2.36. The van der Waals surface area contributed by atoms with Crippen LogP contribution in [0.1, 0.15) is 36.9 Å². The summed E-state index contributed by atoms with van der Waals surface area (Å²) in [6.07, 6.45) is 3.59. The van der Waals surface area contributed by atoms with Crippen molar-refractivity contribution in [2.45, 2.75) is 32.6 Å². The Bertz CT molecular complexity index is 1400. The van der Waals surface area contributed by atoms with E-state index in [4.69, 9.17) is 4.98 Å². The van der Waals surface area contributed by atoms with Crippen LogP contribution in [0, 0.1) is 6.92 Å². The van der Waals surface area contributed by atoms with Crippen LogP contribution in [0.5, 0.6) is 0 Å². The van der Waals surface area contributed by atoms with Gasteiger partial charge < -0.3 is 15.2 Å². The minimum Gasteiger partial charge on any atom is -0.343 e. The molecule has 34 heavy (non-hydrogen) atoms. The molecule has 0 atom stereocenters. The maximum Gasteiger partial charge on any atom is 0.259 e. The van der Waals surface area contributed by atoms with Crippen LogP contribution in [0.2, 0.25) is 0 Å². The number of nitrogens with one attached hydrogen (secondary N) is 2. The molecule has 0 bridgehead atoms. The van der Waals surface area contributed by atoms with Gasteiger partial charge in [0.15, 0.2) is 0 Å². The summed E-state index contributed by atoms with van der Waals surface area (Å²) in [6.45, 7) is 5.19. The van der Waals surface area contributed by atoms with E-state index >= 15 is 0 Å². The van der Waals surface area contributed by atoms with Crippen molar-refractivity contribution in [3.63, 3.8) is 0 Å². The number of carbonyl (C=O) groups excluding carboxylic acids is 1. The first-order chi connectivity index (χ1) is 16.5. The number of H-pyrrole nitrogens is 1. The normalized spacial score (nSPS) is 14.4. The van der Waals surface area contributed by atoms with Crippen LogP contribution in [-0.4, -0.2) is 38.8 Å². The molecule has 2 N–H and O–H groups in total. The molecule has 0 saturated carbocycles. The number of pyridine rings is 3. The summed E-state index contributed by atoms with van der Waals surface area (Å²) in [6, 6.07) is 17.9. The van der Waals surface area contributed by atoms with Crippen molar-refractivity contribution in [1.29, 1.82) is 0 Å². The van der Waals surface area contributed by atoms with Gasteiger partial charge in [0.1, 0.15) is 5.82 Å². The van der Waals surface area contributed by atoms with E-state index in [1.54, 1.807) is 13.1 Å². The fourth-order valence-electron chi connectivity index (χ4n) is 4.62. The third-order valence-corrected chi connectivity index (χ3v) is 6.49. The number of nitrogens with zero attached hydrogens (tertiary/aromatic N) is 3. The van der Waals surface area contributed by atoms with Gasteiger partial charge in [0.05, 0.1) is 16.8 Å². The van der Waals surface area contributed by atoms with Gasteiger partial charge in [-0.05, 0) is 73.0 Å². The highest BCUT2D eigenvalue weighted by atomic mass is 16.2. The second-order valence-electron chi connectivity index (χ2n) is 8.82. The molecule has 4 heterocycles. The molecule has 7 nitrogen and oxygen atoms in total. The Morgan fingerprint density at radius 3 is 2.50 bits per heavy atom. The Hall–Kier alpha value is -4.00. The Balaban J connectivity index is 1.44. The number of hydrogen-bond donors (Lipinski definition) is 2. The van der Waals surface area contributed by atoms with Gasteiger partial charge >= 0.3 is 0 Å². The third kappa shape index (κ3) is 4.41. The van der Waals surface area contributed by atoms with E-state index in [1.165, 1.54) is 5.56 Å². The summed E-state index contributed by atoms with van der Waals surface area (Å²) in [5, 5.41) is 4.67. The van der Waals surface area contributed by atoms with Gasteiger partial charge in [0, 0.05) is 37.6 Å². The highest BCUT2D eigenvalue weighted by Gasteiger charge is 2.22. The lowest BCUT2D eigenvalue weighted by molar-refractivity contribution is -0.129. The first kappa shape index (κ1) is 21.8. The standard InChI is InChI=1S/C27H27N5O2/c1-17-4-3-5-23(29-17)24-16-21-10-13-28-27(34)25(21)26(31-24)30-22-8-6-19(7-9-22)20-11-14-32(15-12-20)18(2)33/h3-10,13,16,20H,11-12,14-15H2,1-2H3,(H,28,34)(H,30,31). The highest BCUT2D eigenvalue weighted by molar-refractivity contribution is 5.94. The molecule has 0 radical (unpaired) electrons. The average Bonchev–Trinajstić information content (AvgIpc) is 2.84. The van der Waals surface area contributed by atoms with Crippen molar-refractivity contribution in [3.8, 4) is 11.4 Å². The predicted molar refractivity (Wildman–Crippen MR) is 134 cm³/mol. The molecule has 4 aromatic rings. The largest absolute Gasteiger partial charge is 0.343 e. The van der Waals surface area contributed by atoms with Crippen LogP contribution in [0.3, 0.4) is 0 Å². The van der Waals surface area contributed by atoms with Crippen molar-refractivity contribution >= 4 is 28.2 Å². The molecule has 3 aromatic heterocycles. The first-order valence-electron chi connectivity index (χ1n) is 11.6. The number of anilines is 2. The van der Waals surface area contributed by atoms with E-state index in [0.717, 1.165) is 48.4 Å². The van der Waals surface area contributed by atoms with Crippen molar-refractivity contribution in [2.75, 3.05) is 18.4 Å². The Labute approximate surface area is 197 Å². The molecule has 5 rings (SSSR count). The second kappa shape index (κ2) is 9.09. The number of rotatable bonds is 4. The number of aryl methyl sites for hydroxylation is 1. The molecule has 0 spiro atoms. The number of amides is 1. The number of carbonyl (C=O) groups is 1. The molecule has 1 aromatic carbocycles. The zero-order valence-electron chi connectivity index (χ0n) is 19.3. The van der Waals surface area contributed by atoms with Crippen LogP contribution in [-0.2, 0) is 4.79 Å². The van der Waals surface area contributed by atoms with E-state index in [2.05, 4.69) is 27.4 Å². The van der Waals surface area contributed by atoms with E-state index in [1.807, 2.05) is 54.3 Å². The Kier molecular flexibility index (Phi) is 5.84. The molecule has 1 aliphatic rings. The zero-order valence-corrected chi connectivity index (χ0v) is 19.3. The molecule has 0 aliphatic carbocycles. The minimum atomic E-state index is -0.190. The number of benzene rings is 1. The number of aromatic nitrogens is 3. The summed E-state index contributed by atoms with van der Waals surface area (Å²) in [4.78, 5) is 38.3. The second-order valence-corrected chi connectivity index (χ2v) is 8.82. The van der Waals surface area contributed by atoms with Crippen LogP contribution < -0.4 is 10.9 Å². The Morgan fingerprint density at radius 1 is 1.03 bits per heavy atom. The van der Waals surface area contributed by atoms with Gasteiger partial charge in [-0.15, -0.1) is 0 Å². The minimum absolute atomic E-state index is 0.149. The molecular weight excluding hydrogens is 426 g/mol. The maximum absolute atomic E-state index is 12.6. The molecular formula is C27H27N5O2. The lowest BCUT2D eigenvalue weighted by atomic mass is 9.89. The summed E-state index contributed by atoms with van der Waals surface area (Å²) in [5.74, 6) is 1.10.